The van der Waals surface area contributed by atoms with E-state index in [9.17, 15) is 0 Å². The molecule has 0 radical (unpaired) electrons. The number of ether oxygens (including phenoxy) is 1. The van der Waals surface area contributed by atoms with Crippen molar-refractivity contribution < 1.29 is 4.74 Å². The SMILES string of the molecule is CCCNCc1cc(Oc2c(C)nn(C)c2C)ccn1. The summed E-state index contributed by atoms with van der Waals surface area (Å²) in [6.45, 7) is 7.85. The Kier molecular flexibility index (Phi) is 4.74. The van der Waals surface area contributed by atoms with Gasteiger partial charge in [0.05, 0.1) is 11.4 Å². The molecule has 2 aromatic rings. The lowest BCUT2D eigenvalue weighted by atomic mass is 10.3. The molecule has 0 fully saturated rings. The third kappa shape index (κ3) is 3.36. The van der Waals surface area contributed by atoms with Gasteiger partial charge in [-0.25, -0.2) is 0 Å². The molecule has 2 rings (SSSR count). The van der Waals surface area contributed by atoms with Crippen LogP contribution in [0.25, 0.3) is 0 Å². The van der Waals surface area contributed by atoms with Crippen molar-refractivity contribution in [3.63, 3.8) is 0 Å². The molecular weight excluding hydrogens is 252 g/mol. The van der Waals surface area contributed by atoms with E-state index >= 15 is 0 Å². The molecule has 0 bridgehead atoms. The highest BCUT2D eigenvalue weighted by Gasteiger charge is 2.11. The summed E-state index contributed by atoms with van der Waals surface area (Å²) in [5, 5.41) is 7.69. The van der Waals surface area contributed by atoms with E-state index < -0.39 is 0 Å². The van der Waals surface area contributed by atoms with E-state index in [1.807, 2.05) is 37.7 Å². The first-order chi connectivity index (χ1) is 9.61. The third-order valence-corrected chi connectivity index (χ3v) is 3.18. The number of pyridine rings is 1. The monoisotopic (exact) mass is 274 g/mol. The maximum Gasteiger partial charge on any atom is 0.171 e. The van der Waals surface area contributed by atoms with Gasteiger partial charge in [-0.2, -0.15) is 5.10 Å². The molecule has 5 heteroatoms. The van der Waals surface area contributed by atoms with Gasteiger partial charge in [0.2, 0.25) is 0 Å². The molecule has 0 aromatic carbocycles. The van der Waals surface area contributed by atoms with E-state index in [4.69, 9.17) is 4.74 Å². The van der Waals surface area contributed by atoms with Crippen molar-refractivity contribution >= 4 is 0 Å². The molecule has 0 amide bonds. The summed E-state index contributed by atoms with van der Waals surface area (Å²) >= 11 is 0. The van der Waals surface area contributed by atoms with Gasteiger partial charge in [0.25, 0.3) is 0 Å². The Morgan fingerprint density at radius 2 is 2.15 bits per heavy atom. The Labute approximate surface area is 120 Å². The predicted octanol–water partition coefficient (Wildman–Crippen LogP) is 2.72. The van der Waals surface area contributed by atoms with Gasteiger partial charge in [-0.15, -0.1) is 0 Å². The van der Waals surface area contributed by atoms with Crippen LogP contribution in [0.15, 0.2) is 18.3 Å². The fourth-order valence-electron chi connectivity index (χ4n) is 2.03. The average Bonchev–Trinajstić information content (AvgIpc) is 2.66. The molecule has 0 atom stereocenters. The molecule has 0 aliphatic carbocycles. The van der Waals surface area contributed by atoms with Crippen molar-refractivity contribution in [3.05, 3.63) is 35.4 Å². The van der Waals surface area contributed by atoms with Crippen LogP contribution >= 0.6 is 0 Å². The van der Waals surface area contributed by atoms with Crippen LogP contribution in [0.3, 0.4) is 0 Å². The van der Waals surface area contributed by atoms with Gasteiger partial charge < -0.3 is 10.1 Å². The summed E-state index contributed by atoms with van der Waals surface area (Å²) in [5.41, 5.74) is 2.90. The van der Waals surface area contributed by atoms with Gasteiger partial charge in [-0.1, -0.05) is 6.92 Å². The molecule has 0 spiro atoms. The van der Waals surface area contributed by atoms with Gasteiger partial charge in [0.1, 0.15) is 11.4 Å². The van der Waals surface area contributed by atoms with Crippen molar-refractivity contribution in [2.75, 3.05) is 6.54 Å². The standard InChI is InChI=1S/C15H22N4O/c1-5-7-16-10-13-9-14(6-8-17-13)20-15-11(2)18-19(4)12(15)3/h6,8-9,16H,5,7,10H2,1-4H3. The van der Waals surface area contributed by atoms with Crippen molar-refractivity contribution in [1.82, 2.24) is 20.1 Å². The summed E-state index contributed by atoms with van der Waals surface area (Å²) in [5.74, 6) is 1.62. The Bertz CT molecular complexity index is 577. The number of hydrogen-bond donors (Lipinski definition) is 1. The van der Waals surface area contributed by atoms with E-state index in [0.717, 1.165) is 48.1 Å². The quantitative estimate of drug-likeness (QED) is 0.823. The van der Waals surface area contributed by atoms with Crippen LogP contribution in [0.5, 0.6) is 11.5 Å². The zero-order valence-electron chi connectivity index (χ0n) is 12.6. The fraction of sp³-hybridized carbons (Fsp3) is 0.467. The number of hydrogen-bond acceptors (Lipinski definition) is 4. The first-order valence-electron chi connectivity index (χ1n) is 6.95. The first kappa shape index (κ1) is 14.5. The summed E-state index contributed by atoms with van der Waals surface area (Å²) in [4.78, 5) is 4.34. The number of aromatic nitrogens is 3. The van der Waals surface area contributed by atoms with E-state index in [1.54, 1.807) is 6.20 Å². The summed E-state index contributed by atoms with van der Waals surface area (Å²) in [7, 11) is 1.92. The highest BCUT2D eigenvalue weighted by atomic mass is 16.5. The minimum absolute atomic E-state index is 0.760. The maximum absolute atomic E-state index is 5.96. The summed E-state index contributed by atoms with van der Waals surface area (Å²) in [6.07, 6.45) is 2.89. The first-order valence-corrected chi connectivity index (χ1v) is 6.95. The molecule has 2 heterocycles. The van der Waals surface area contributed by atoms with Gasteiger partial charge >= 0.3 is 0 Å². The number of nitrogens with zero attached hydrogens (tertiary/aromatic N) is 3. The minimum Gasteiger partial charge on any atom is -0.453 e. The topological polar surface area (TPSA) is 52.0 Å². The summed E-state index contributed by atoms with van der Waals surface area (Å²) < 4.78 is 7.79. The van der Waals surface area contributed by atoms with Crippen LogP contribution in [-0.2, 0) is 13.6 Å². The second kappa shape index (κ2) is 6.52. The largest absolute Gasteiger partial charge is 0.453 e. The highest BCUT2D eigenvalue weighted by Crippen LogP contribution is 2.27. The fourth-order valence-corrected chi connectivity index (χ4v) is 2.03. The van der Waals surface area contributed by atoms with Gasteiger partial charge in [-0.05, 0) is 32.9 Å². The Morgan fingerprint density at radius 1 is 1.35 bits per heavy atom. The third-order valence-electron chi connectivity index (χ3n) is 3.18. The predicted molar refractivity (Wildman–Crippen MR) is 79.0 cm³/mol. The molecular formula is C15H22N4O. The zero-order valence-corrected chi connectivity index (χ0v) is 12.6. The second-order valence-corrected chi connectivity index (χ2v) is 4.89. The molecule has 0 saturated heterocycles. The minimum atomic E-state index is 0.760. The molecule has 2 aromatic heterocycles. The lowest BCUT2D eigenvalue weighted by Gasteiger charge is -2.08. The highest BCUT2D eigenvalue weighted by molar-refractivity contribution is 5.37. The van der Waals surface area contributed by atoms with Crippen LogP contribution < -0.4 is 10.1 Å². The maximum atomic E-state index is 5.96. The smallest absolute Gasteiger partial charge is 0.171 e. The normalized spacial score (nSPS) is 10.8. The average molecular weight is 274 g/mol. The Morgan fingerprint density at radius 3 is 2.80 bits per heavy atom. The van der Waals surface area contributed by atoms with Crippen molar-refractivity contribution in [2.24, 2.45) is 7.05 Å². The van der Waals surface area contributed by atoms with Crippen molar-refractivity contribution in [1.29, 1.82) is 0 Å². The van der Waals surface area contributed by atoms with Crippen LogP contribution in [-0.4, -0.2) is 21.3 Å². The van der Waals surface area contributed by atoms with Crippen molar-refractivity contribution in [2.45, 2.75) is 33.7 Å². The lowest BCUT2D eigenvalue weighted by Crippen LogP contribution is -2.14. The van der Waals surface area contributed by atoms with Crippen LogP contribution in [0.2, 0.25) is 0 Å². The van der Waals surface area contributed by atoms with Crippen molar-refractivity contribution in [3.8, 4) is 11.5 Å². The van der Waals surface area contributed by atoms with Gasteiger partial charge in [-0.3, -0.25) is 9.67 Å². The van der Waals surface area contributed by atoms with E-state index in [2.05, 4.69) is 22.3 Å². The Balaban J connectivity index is 2.11. The second-order valence-electron chi connectivity index (χ2n) is 4.89. The molecule has 1 N–H and O–H groups in total. The summed E-state index contributed by atoms with van der Waals surface area (Å²) in [6, 6.07) is 3.84. The molecule has 0 aliphatic heterocycles. The Hall–Kier alpha value is -1.88. The van der Waals surface area contributed by atoms with E-state index in [1.165, 1.54) is 0 Å². The van der Waals surface area contributed by atoms with E-state index in [-0.39, 0.29) is 0 Å². The number of aryl methyl sites for hydroxylation is 2. The molecule has 5 nitrogen and oxygen atoms in total. The number of rotatable bonds is 6. The van der Waals surface area contributed by atoms with Crippen LogP contribution in [0.1, 0.15) is 30.4 Å². The molecule has 0 aliphatic rings. The molecule has 0 saturated carbocycles. The van der Waals surface area contributed by atoms with Crippen LogP contribution in [0.4, 0.5) is 0 Å². The molecule has 0 unspecified atom stereocenters. The van der Waals surface area contributed by atoms with Gasteiger partial charge in [0.15, 0.2) is 5.75 Å². The lowest BCUT2D eigenvalue weighted by molar-refractivity contribution is 0.472. The van der Waals surface area contributed by atoms with E-state index in [0.29, 0.717) is 0 Å². The molecule has 20 heavy (non-hydrogen) atoms. The molecule has 108 valence electrons. The zero-order chi connectivity index (χ0) is 14.5. The van der Waals surface area contributed by atoms with Gasteiger partial charge in [0, 0.05) is 25.9 Å². The number of nitrogens with one attached hydrogen (secondary N) is 1. The van der Waals surface area contributed by atoms with Crippen LogP contribution in [0, 0.1) is 13.8 Å².